The lowest BCUT2D eigenvalue weighted by atomic mass is 10.1. The number of aliphatic hydroxyl groups is 1. The van der Waals surface area contributed by atoms with E-state index < -0.39 is 0 Å². The predicted molar refractivity (Wildman–Crippen MR) is 78.8 cm³/mol. The summed E-state index contributed by atoms with van der Waals surface area (Å²) in [6.45, 7) is 1.21. The monoisotopic (exact) mass is 276 g/mol. The van der Waals surface area contributed by atoms with E-state index in [2.05, 4.69) is 4.57 Å². The lowest BCUT2D eigenvalue weighted by molar-refractivity contribution is -0.384. The third-order valence-electron chi connectivity index (χ3n) is 3.52. The van der Waals surface area contributed by atoms with Gasteiger partial charge in [-0.2, -0.15) is 0 Å². The van der Waals surface area contributed by atoms with Crippen LogP contribution in [0.15, 0.2) is 30.5 Å². The molecule has 0 saturated heterocycles. The lowest BCUT2D eigenvalue weighted by Crippen LogP contribution is -1.96. The predicted octanol–water partition coefficient (Wildman–Crippen LogP) is 3.49. The standard InChI is InChI=1S/C15H20N2O3/c18-11-5-3-1-2-4-9-16-10-8-13-12-14(17(19)20)6-7-15(13)16/h6-8,10,12,18H,1-5,9,11H2. The minimum atomic E-state index is -0.363. The van der Waals surface area contributed by atoms with Crippen molar-refractivity contribution in [1.29, 1.82) is 0 Å². The van der Waals surface area contributed by atoms with Gasteiger partial charge in [0.15, 0.2) is 0 Å². The Labute approximate surface area is 118 Å². The minimum Gasteiger partial charge on any atom is -0.396 e. The van der Waals surface area contributed by atoms with Gasteiger partial charge in [-0.1, -0.05) is 19.3 Å². The Kier molecular flexibility index (Phi) is 5.12. The number of hydrogen-bond acceptors (Lipinski definition) is 3. The van der Waals surface area contributed by atoms with E-state index in [1.54, 1.807) is 12.1 Å². The number of nitro groups is 1. The van der Waals surface area contributed by atoms with Crippen molar-refractivity contribution in [2.24, 2.45) is 0 Å². The van der Waals surface area contributed by atoms with Crippen LogP contribution < -0.4 is 0 Å². The molecule has 0 bridgehead atoms. The number of nitro benzene ring substituents is 1. The average molecular weight is 276 g/mol. The van der Waals surface area contributed by atoms with Crippen LogP contribution in [0.3, 0.4) is 0 Å². The SMILES string of the molecule is O=[N+]([O-])c1ccc2c(ccn2CCCCCCCO)c1. The van der Waals surface area contributed by atoms with Crippen molar-refractivity contribution in [2.75, 3.05) is 6.61 Å². The Balaban J connectivity index is 1.92. The molecule has 0 aliphatic carbocycles. The summed E-state index contributed by atoms with van der Waals surface area (Å²) in [5.41, 5.74) is 1.19. The molecule has 20 heavy (non-hydrogen) atoms. The molecule has 0 unspecified atom stereocenters. The van der Waals surface area contributed by atoms with E-state index in [4.69, 9.17) is 5.11 Å². The molecule has 108 valence electrons. The largest absolute Gasteiger partial charge is 0.396 e. The highest BCUT2D eigenvalue weighted by molar-refractivity contribution is 5.82. The maximum atomic E-state index is 10.7. The molecular weight excluding hydrogens is 256 g/mol. The smallest absolute Gasteiger partial charge is 0.270 e. The third-order valence-corrected chi connectivity index (χ3v) is 3.52. The number of benzene rings is 1. The molecule has 0 aliphatic rings. The zero-order valence-electron chi connectivity index (χ0n) is 11.5. The second-order valence-electron chi connectivity index (χ2n) is 5.00. The fourth-order valence-electron chi connectivity index (χ4n) is 2.42. The van der Waals surface area contributed by atoms with Gasteiger partial charge in [-0.05, 0) is 25.0 Å². The van der Waals surface area contributed by atoms with Gasteiger partial charge in [0.25, 0.3) is 5.69 Å². The molecular formula is C15H20N2O3. The van der Waals surface area contributed by atoms with Gasteiger partial charge in [0.1, 0.15) is 0 Å². The maximum absolute atomic E-state index is 10.7. The number of aromatic nitrogens is 1. The molecule has 1 N–H and O–H groups in total. The number of non-ortho nitro benzene ring substituents is 1. The summed E-state index contributed by atoms with van der Waals surface area (Å²) >= 11 is 0. The van der Waals surface area contributed by atoms with Crippen molar-refractivity contribution in [3.63, 3.8) is 0 Å². The summed E-state index contributed by atoms with van der Waals surface area (Å²) in [6.07, 6.45) is 7.33. The molecule has 0 fully saturated rings. The highest BCUT2D eigenvalue weighted by Gasteiger charge is 2.08. The molecule has 5 nitrogen and oxygen atoms in total. The van der Waals surface area contributed by atoms with Gasteiger partial charge in [-0.3, -0.25) is 10.1 Å². The number of rotatable bonds is 8. The quantitative estimate of drug-likeness (QED) is 0.456. The molecule has 0 atom stereocenters. The zero-order valence-corrected chi connectivity index (χ0v) is 11.5. The summed E-state index contributed by atoms with van der Waals surface area (Å²) in [5.74, 6) is 0. The van der Waals surface area contributed by atoms with Crippen LogP contribution in [0.1, 0.15) is 32.1 Å². The first-order valence-corrected chi connectivity index (χ1v) is 7.06. The van der Waals surface area contributed by atoms with Gasteiger partial charge in [0.05, 0.1) is 4.92 Å². The Bertz CT molecular complexity index is 578. The topological polar surface area (TPSA) is 68.3 Å². The Morgan fingerprint density at radius 1 is 1.10 bits per heavy atom. The summed E-state index contributed by atoms with van der Waals surface area (Å²) in [5, 5.41) is 20.3. The first kappa shape index (κ1) is 14.5. The van der Waals surface area contributed by atoms with Crippen LogP contribution in [0, 0.1) is 10.1 Å². The van der Waals surface area contributed by atoms with Crippen molar-refractivity contribution < 1.29 is 10.0 Å². The lowest BCUT2D eigenvalue weighted by Gasteiger charge is -2.05. The Hall–Kier alpha value is -1.88. The molecule has 0 amide bonds. The summed E-state index contributed by atoms with van der Waals surface area (Å²) in [6, 6.07) is 6.92. The Morgan fingerprint density at radius 2 is 1.85 bits per heavy atom. The summed E-state index contributed by atoms with van der Waals surface area (Å²) < 4.78 is 2.14. The highest BCUT2D eigenvalue weighted by atomic mass is 16.6. The molecule has 1 aromatic carbocycles. The molecule has 1 aromatic heterocycles. The first-order valence-electron chi connectivity index (χ1n) is 7.06. The average Bonchev–Trinajstić information content (AvgIpc) is 2.85. The summed E-state index contributed by atoms with van der Waals surface area (Å²) in [4.78, 5) is 10.4. The van der Waals surface area contributed by atoms with Crippen LogP contribution in [0.5, 0.6) is 0 Å². The second-order valence-corrected chi connectivity index (χ2v) is 5.00. The van der Waals surface area contributed by atoms with Gasteiger partial charge < -0.3 is 9.67 Å². The molecule has 0 radical (unpaired) electrons. The number of unbranched alkanes of at least 4 members (excludes halogenated alkanes) is 4. The number of aryl methyl sites for hydroxylation is 1. The van der Waals surface area contributed by atoms with E-state index in [1.165, 1.54) is 0 Å². The van der Waals surface area contributed by atoms with Gasteiger partial charge in [0.2, 0.25) is 0 Å². The van der Waals surface area contributed by atoms with E-state index in [9.17, 15) is 10.1 Å². The van der Waals surface area contributed by atoms with Crippen LogP contribution in [0.2, 0.25) is 0 Å². The fraction of sp³-hybridized carbons (Fsp3) is 0.467. The van der Waals surface area contributed by atoms with Crippen molar-refractivity contribution in [3.8, 4) is 0 Å². The molecule has 0 spiro atoms. The summed E-state index contributed by atoms with van der Waals surface area (Å²) in [7, 11) is 0. The number of aliphatic hydroxyl groups excluding tert-OH is 1. The van der Waals surface area contributed by atoms with Crippen LogP contribution >= 0.6 is 0 Å². The van der Waals surface area contributed by atoms with Crippen LogP contribution in [0.4, 0.5) is 5.69 Å². The fourth-order valence-corrected chi connectivity index (χ4v) is 2.42. The molecule has 0 aliphatic heterocycles. The van der Waals surface area contributed by atoms with Crippen LogP contribution in [-0.4, -0.2) is 21.2 Å². The van der Waals surface area contributed by atoms with Crippen molar-refractivity contribution in [1.82, 2.24) is 4.57 Å². The maximum Gasteiger partial charge on any atom is 0.270 e. The van der Waals surface area contributed by atoms with Gasteiger partial charge in [-0.15, -0.1) is 0 Å². The van der Waals surface area contributed by atoms with E-state index in [0.29, 0.717) is 0 Å². The zero-order chi connectivity index (χ0) is 14.4. The normalized spacial score (nSPS) is 11.1. The van der Waals surface area contributed by atoms with Crippen LogP contribution in [-0.2, 0) is 6.54 Å². The van der Waals surface area contributed by atoms with Crippen molar-refractivity contribution in [3.05, 3.63) is 40.6 Å². The number of hydrogen-bond donors (Lipinski definition) is 1. The van der Waals surface area contributed by atoms with E-state index in [-0.39, 0.29) is 17.2 Å². The number of nitrogens with zero attached hydrogens (tertiary/aromatic N) is 2. The van der Waals surface area contributed by atoms with Gasteiger partial charge in [0, 0.05) is 42.4 Å². The van der Waals surface area contributed by atoms with E-state index >= 15 is 0 Å². The number of fused-ring (bicyclic) bond motifs is 1. The van der Waals surface area contributed by atoms with Crippen LogP contribution in [0.25, 0.3) is 10.9 Å². The van der Waals surface area contributed by atoms with Gasteiger partial charge in [-0.25, -0.2) is 0 Å². The molecule has 2 aromatic rings. The third kappa shape index (κ3) is 3.57. The van der Waals surface area contributed by atoms with Crippen molar-refractivity contribution >= 4 is 16.6 Å². The Morgan fingerprint density at radius 3 is 2.60 bits per heavy atom. The molecule has 1 heterocycles. The molecule has 0 saturated carbocycles. The van der Waals surface area contributed by atoms with E-state index in [1.807, 2.05) is 18.3 Å². The second kappa shape index (κ2) is 7.05. The van der Waals surface area contributed by atoms with Crippen molar-refractivity contribution in [2.45, 2.75) is 38.6 Å². The van der Waals surface area contributed by atoms with Gasteiger partial charge >= 0.3 is 0 Å². The highest BCUT2D eigenvalue weighted by Crippen LogP contribution is 2.22. The first-order chi connectivity index (χ1) is 9.72. The molecule has 5 heteroatoms. The minimum absolute atomic E-state index is 0.138. The van der Waals surface area contributed by atoms with E-state index in [0.717, 1.165) is 49.6 Å². The molecule has 2 rings (SSSR count).